The highest BCUT2D eigenvalue weighted by Gasteiger charge is 2.26. The first-order valence-corrected chi connectivity index (χ1v) is 11.1. The molecule has 1 aliphatic heterocycles. The summed E-state index contributed by atoms with van der Waals surface area (Å²) in [4.78, 5) is 13.9. The SMILES string of the molecule is Cc1ccc2c(C3CCN(CCC4CCC(NC(=O)CO)CC4)CC3)noc2c1. The zero-order valence-corrected chi connectivity index (χ0v) is 17.4. The Morgan fingerprint density at radius 1 is 1.21 bits per heavy atom. The van der Waals surface area contributed by atoms with Gasteiger partial charge in [-0.15, -0.1) is 0 Å². The Morgan fingerprint density at radius 2 is 1.97 bits per heavy atom. The largest absolute Gasteiger partial charge is 0.387 e. The van der Waals surface area contributed by atoms with Crippen LogP contribution in [0.25, 0.3) is 11.0 Å². The van der Waals surface area contributed by atoms with E-state index in [0.717, 1.165) is 56.0 Å². The highest BCUT2D eigenvalue weighted by Crippen LogP contribution is 2.33. The monoisotopic (exact) mass is 399 g/mol. The van der Waals surface area contributed by atoms with Crippen LogP contribution in [0.2, 0.25) is 0 Å². The Bertz CT molecular complexity index is 818. The lowest BCUT2D eigenvalue weighted by Crippen LogP contribution is -2.39. The molecule has 1 amide bonds. The number of amides is 1. The number of hydrogen-bond donors (Lipinski definition) is 2. The second-order valence-corrected chi connectivity index (χ2v) is 8.92. The third-order valence-corrected chi connectivity index (χ3v) is 6.84. The molecule has 0 spiro atoms. The lowest BCUT2D eigenvalue weighted by molar-refractivity contribution is -0.124. The van der Waals surface area contributed by atoms with Crippen LogP contribution in [-0.2, 0) is 4.79 Å². The lowest BCUT2D eigenvalue weighted by atomic mass is 9.83. The van der Waals surface area contributed by atoms with Gasteiger partial charge in [-0.1, -0.05) is 11.2 Å². The fraction of sp³-hybridized carbons (Fsp3) is 0.652. The number of benzene rings is 1. The van der Waals surface area contributed by atoms with Gasteiger partial charge in [0.15, 0.2) is 5.58 Å². The molecule has 0 bridgehead atoms. The molecular formula is C23H33N3O3. The molecule has 2 aromatic rings. The van der Waals surface area contributed by atoms with Gasteiger partial charge in [0.1, 0.15) is 6.61 Å². The van der Waals surface area contributed by atoms with Gasteiger partial charge in [-0.3, -0.25) is 4.79 Å². The molecule has 0 atom stereocenters. The number of nitrogens with one attached hydrogen (secondary N) is 1. The van der Waals surface area contributed by atoms with Crippen molar-refractivity contribution in [3.63, 3.8) is 0 Å². The van der Waals surface area contributed by atoms with E-state index in [9.17, 15) is 4.79 Å². The molecule has 1 aromatic heterocycles. The maximum Gasteiger partial charge on any atom is 0.245 e. The fourth-order valence-corrected chi connectivity index (χ4v) is 5.02. The van der Waals surface area contributed by atoms with Crippen LogP contribution in [0.4, 0.5) is 0 Å². The first-order valence-electron chi connectivity index (χ1n) is 11.1. The van der Waals surface area contributed by atoms with Crippen LogP contribution < -0.4 is 5.32 Å². The maximum atomic E-state index is 11.3. The van der Waals surface area contributed by atoms with Crippen molar-refractivity contribution >= 4 is 16.9 Å². The zero-order chi connectivity index (χ0) is 20.2. The molecule has 4 rings (SSSR count). The van der Waals surface area contributed by atoms with Crippen molar-refractivity contribution < 1.29 is 14.4 Å². The number of fused-ring (bicyclic) bond motifs is 1. The second kappa shape index (κ2) is 9.26. The number of aliphatic hydroxyl groups excluding tert-OH is 1. The molecule has 6 heteroatoms. The van der Waals surface area contributed by atoms with Gasteiger partial charge in [0, 0.05) is 17.3 Å². The average molecular weight is 400 g/mol. The van der Waals surface area contributed by atoms with Crippen molar-refractivity contribution in [3.05, 3.63) is 29.5 Å². The van der Waals surface area contributed by atoms with Crippen LogP contribution >= 0.6 is 0 Å². The van der Waals surface area contributed by atoms with Gasteiger partial charge in [0.25, 0.3) is 0 Å². The van der Waals surface area contributed by atoms with Crippen LogP contribution in [0.3, 0.4) is 0 Å². The number of piperidine rings is 1. The molecule has 29 heavy (non-hydrogen) atoms. The first-order chi connectivity index (χ1) is 14.1. The summed E-state index contributed by atoms with van der Waals surface area (Å²) in [6.45, 7) is 5.11. The topological polar surface area (TPSA) is 78.6 Å². The number of aliphatic hydroxyl groups is 1. The molecule has 2 heterocycles. The van der Waals surface area contributed by atoms with Gasteiger partial charge >= 0.3 is 0 Å². The minimum absolute atomic E-state index is 0.244. The summed E-state index contributed by atoms with van der Waals surface area (Å²) in [5.74, 6) is 1.02. The Hall–Kier alpha value is -1.92. The average Bonchev–Trinajstić information content (AvgIpc) is 3.16. The van der Waals surface area contributed by atoms with Crippen LogP contribution in [0, 0.1) is 12.8 Å². The molecule has 1 aromatic carbocycles. The fourth-order valence-electron chi connectivity index (χ4n) is 5.02. The molecule has 6 nitrogen and oxygen atoms in total. The lowest BCUT2D eigenvalue weighted by Gasteiger charge is -2.34. The van der Waals surface area contributed by atoms with E-state index in [1.807, 2.05) is 0 Å². The van der Waals surface area contributed by atoms with Gasteiger partial charge in [0.05, 0.1) is 5.69 Å². The minimum Gasteiger partial charge on any atom is -0.387 e. The normalized spacial score (nSPS) is 24.1. The number of likely N-dealkylation sites (tertiary alicyclic amines) is 1. The van der Waals surface area contributed by atoms with Crippen molar-refractivity contribution in [2.75, 3.05) is 26.2 Å². The highest BCUT2D eigenvalue weighted by molar-refractivity contribution is 5.80. The predicted octanol–water partition coefficient (Wildman–Crippen LogP) is 3.37. The summed E-state index contributed by atoms with van der Waals surface area (Å²) < 4.78 is 5.57. The number of aromatic nitrogens is 1. The van der Waals surface area contributed by atoms with Gasteiger partial charge < -0.3 is 19.8 Å². The Labute approximate surface area is 172 Å². The summed E-state index contributed by atoms with van der Waals surface area (Å²) in [6.07, 6.45) is 7.98. The molecule has 1 saturated carbocycles. The number of rotatable bonds is 6. The van der Waals surface area contributed by atoms with Crippen LogP contribution in [-0.4, -0.2) is 53.4 Å². The van der Waals surface area contributed by atoms with E-state index in [2.05, 4.69) is 40.5 Å². The summed E-state index contributed by atoms with van der Waals surface area (Å²) in [6, 6.07) is 6.62. The van der Waals surface area contributed by atoms with Gasteiger partial charge in [-0.25, -0.2) is 0 Å². The maximum absolute atomic E-state index is 11.3. The number of carbonyl (C=O) groups excluding carboxylic acids is 1. The summed E-state index contributed by atoms with van der Waals surface area (Å²) in [5.41, 5.74) is 3.26. The van der Waals surface area contributed by atoms with Crippen LogP contribution in [0.5, 0.6) is 0 Å². The van der Waals surface area contributed by atoms with Gasteiger partial charge in [0.2, 0.25) is 5.91 Å². The third kappa shape index (κ3) is 4.98. The van der Waals surface area contributed by atoms with E-state index in [1.54, 1.807) is 0 Å². The molecule has 1 saturated heterocycles. The summed E-state index contributed by atoms with van der Waals surface area (Å²) >= 11 is 0. The minimum atomic E-state index is -0.403. The van der Waals surface area contributed by atoms with Crippen molar-refractivity contribution in [2.24, 2.45) is 5.92 Å². The molecule has 2 N–H and O–H groups in total. The van der Waals surface area contributed by atoms with E-state index in [-0.39, 0.29) is 11.9 Å². The molecular weight excluding hydrogens is 366 g/mol. The van der Waals surface area contributed by atoms with E-state index in [4.69, 9.17) is 9.63 Å². The van der Waals surface area contributed by atoms with Crippen LogP contribution in [0.15, 0.2) is 22.7 Å². The van der Waals surface area contributed by atoms with Crippen molar-refractivity contribution in [1.29, 1.82) is 0 Å². The van der Waals surface area contributed by atoms with Crippen molar-refractivity contribution in [2.45, 2.75) is 63.8 Å². The Balaban J connectivity index is 1.20. The van der Waals surface area contributed by atoms with Crippen molar-refractivity contribution in [3.8, 4) is 0 Å². The predicted molar refractivity (Wildman–Crippen MR) is 113 cm³/mol. The van der Waals surface area contributed by atoms with Gasteiger partial charge in [-0.2, -0.15) is 0 Å². The number of aryl methyl sites for hydroxylation is 1. The molecule has 0 radical (unpaired) electrons. The number of carbonyl (C=O) groups is 1. The molecule has 0 unspecified atom stereocenters. The quantitative estimate of drug-likeness (QED) is 0.779. The Kier molecular flexibility index (Phi) is 6.50. The van der Waals surface area contributed by atoms with Gasteiger partial charge in [-0.05, 0) is 95.1 Å². The first kappa shape index (κ1) is 20.4. The molecule has 2 aliphatic rings. The number of hydrogen-bond acceptors (Lipinski definition) is 5. The highest BCUT2D eigenvalue weighted by atomic mass is 16.5. The van der Waals surface area contributed by atoms with Crippen molar-refractivity contribution in [1.82, 2.24) is 15.4 Å². The second-order valence-electron chi connectivity index (χ2n) is 8.92. The third-order valence-electron chi connectivity index (χ3n) is 6.84. The van der Waals surface area contributed by atoms with E-state index >= 15 is 0 Å². The smallest absolute Gasteiger partial charge is 0.245 e. The summed E-state index contributed by atoms with van der Waals surface area (Å²) in [7, 11) is 0. The molecule has 158 valence electrons. The molecule has 1 aliphatic carbocycles. The Morgan fingerprint density at radius 3 is 2.69 bits per heavy atom. The van der Waals surface area contributed by atoms with E-state index < -0.39 is 6.61 Å². The zero-order valence-electron chi connectivity index (χ0n) is 17.4. The summed E-state index contributed by atoms with van der Waals surface area (Å²) in [5, 5.41) is 17.4. The molecule has 2 fully saturated rings. The number of nitrogens with zero attached hydrogens (tertiary/aromatic N) is 2. The standard InChI is InChI=1S/C23H33N3O3/c1-16-2-7-20-21(14-16)29-25-23(20)18-9-12-26(13-10-18)11-8-17-3-5-19(6-4-17)24-22(28)15-27/h2,7,14,17-19,27H,3-6,8-13,15H2,1H3,(H,24,28). The van der Waals surface area contributed by atoms with E-state index in [1.165, 1.54) is 36.8 Å². The van der Waals surface area contributed by atoms with Crippen LogP contribution in [0.1, 0.15) is 62.1 Å². The van der Waals surface area contributed by atoms with E-state index in [0.29, 0.717) is 5.92 Å².